The smallest absolute Gasteiger partial charge is 0.128 e. The summed E-state index contributed by atoms with van der Waals surface area (Å²) in [6.07, 6.45) is 3.40. The molecule has 5 N–H and O–H groups in total. The fourth-order valence-electron chi connectivity index (χ4n) is 2.70. The van der Waals surface area contributed by atoms with Crippen molar-refractivity contribution < 1.29 is 4.74 Å². The molecular formula is C14H26N4O. The first-order chi connectivity index (χ1) is 9.06. The molecule has 19 heavy (non-hydrogen) atoms. The van der Waals surface area contributed by atoms with Crippen LogP contribution in [0.2, 0.25) is 0 Å². The number of pyridine rings is 1. The molecule has 0 fully saturated rings. The van der Waals surface area contributed by atoms with Gasteiger partial charge in [0.1, 0.15) is 5.82 Å². The Morgan fingerprint density at radius 2 is 2.00 bits per heavy atom. The minimum absolute atomic E-state index is 0.170. The zero-order valence-corrected chi connectivity index (χ0v) is 12.4. The first-order valence-corrected chi connectivity index (χ1v) is 6.87. The van der Waals surface area contributed by atoms with Crippen LogP contribution in [0.5, 0.6) is 0 Å². The molecule has 0 aliphatic heterocycles. The molecule has 0 aliphatic rings. The fourth-order valence-corrected chi connectivity index (χ4v) is 2.70. The first kappa shape index (κ1) is 15.9. The quantitative estimate of drug-likeness (QED) is 0.519. The molecule has 1 heterocycles. The molecule has 0 bridgehead atoms. The number of nitrogens with one attached hydrogen (secondary N) is 1. The number of hydrogen-bond donors (Lipinski definition) is 3. The van der Waals surface area contributed by atoms with E-state index in [1.165, 1.54) is 0 Å². The zero-order valence-electron chi connectivity index (χ0n) is 12.4. The van der Waals surface area contributed by atoms with Gasteiger partial charge in [-0.15, -0.1) is 0 Å². The van der Waals surface area contributed by atoms with E-state index in [0.717, 1.165) is 24.0 Å². The van der Waals surface area contributed by atoms with E-state index in [1.54, 1.807) is 6.20 Å². The van der Waals surface area contributed by atoms with Gasteiger partial charge in [0.2, 0.25) is 0 Å². The molecule has 0 spiro atoms. The number of nitrogen functional groups attached to an aromatic ring is 1. The Labute approximate surface area is 115 Å². The molecule has 0 saturated heterocycles. The lowest BCUT2D eigenvalue weighted by molar-refractivity contribution is -0.0734. The van der Waals surface area contributed by atoms with E-state index in [2.05, 4.69) is 24.3 Å². The van der Waals surface area contributed by atoms with Gasteiger partial charge >= 0.3 is 0 Å². The lowest BCUT2D eigenvalue weighted by Gasteiger charge is -2.40. The molecule has 0 saturated carbocycles. The van der Waals surface area contributed by atoms with Gasteiger partial charge in [-0.25, -0.2) is 10.4 Å². The maximum atomic E-state index is 6.04. The summed E-state index contributed by atoms with van der Waals surface area (Å²) in [6, 6.07) is 1.77. The Kier molecular flexibility index (Phi) is 5.72. The molecule has 1 rings (SSSR count). The molecule has 108 valence electrons. The van der Waals surface area contributed by atoms with E-state index < -0.39 is 0 Å². The van der Waals surface area contributed by atoms with E-state index >= 15 is 0 Å². The third-order valence-corrected chi connectivity index (χ3v) is 3.85. The summed E-state index contributed by atoms with van der Waals surface area (Å²) in [6.45, 7) is 8.85. The van der Waals surface area contributed by atoms with Gasteiger partial charge in [-0.2, -0.15) is 0 Å². The van der Waals surface area contributed by atoms with Crippen molar-refractivity contribution >= 4 is 5.82 Å². The number of rotatable bonds is 7. The summed E-state index contributed by atoms with van der Waals surface area (Å²) >= 11 is 0. The summed E-state index contributed by atoms with van der Waals surface area (Å²) < 4.78 is 6.02. The predicted molar refractivity (Wildman–Crippen MR) is 78.4 cm³/mol. The van der Waals surface area contributed by atoms with Gasteiger partial charge in [-0.3, -0.25) is 5.84 Å². The van der Waals surface area contributed by atoms with Crippen LogP contribution in [0.15, 0.2) is 12.3 Å². The Hall–Kier alpha value is -1.17. The van der Waals surface area contributed by atoms with Gasteiger partial charge in [0.15, 0.2) is 0 Å². The van der Waals surface area contributed by atoms with Crippen molar-refractivity contribution in [3.05, 3.63) is 23.4 Å². The highest BCUT2D eigenvalue weighted by Crippen LogP contribution is 2.38. The fraction of sp³-hybridized carbons (Fsp3) is 0.643. The minimum Gasteiger partial charge on any atom is -0.383 e. The number of nitrogens with zero attached hydrogens (tertiary/aromatic N) is 1. The second-order valence-electron chi connectivity index (χ2n) is 4.73. The molecule has 0 amide bonds. The van der Waals surface area contributed by atoms with E-state index in [1.807, 2.05) is 19.9 Å². The SMILES string of the molecule is CCOC(CC)(CC)C(NN)c1c(C)ccnc1N. The van der Waals surface area contributed by atoms with Crippen molar-refractivity contribution in [2.45, 2.75) is 52.2 Å². The van der Waals surface area contributed by atoms with E-state index in [0.29, 0.717) is 12.4 Å². The second kappa shape index (κ2) is 6.84. The molecule has 0 aliphatic carbocycles. The van der Waals surface area contributed by atoms with Crippen LogP contribution >= 0.6 is 0 Å². The van der Waals surface area contributed by atoms with E-state index in [9.17, 15) is 0 Å². The normalized spacial score (nSPS) is 13.5. The van der Waals surface area contributed by atoms with Crippen molar-refractivity contribution in [2.75, 3.05) is 12.3 Å². The highest BCUT2D eigenvalue weighted by atomic mass is 16.5. The number of aryl methyl sites for hydroxylation is 1. The third kappa shape index (κ3) is 3.05. The van der Waals surface area contributed by atoms with Gasteiger partial charge in [0, 0.05) is 18.4 Å². The number of hydrazine groups is 1. The van der Waals surface area contributed by atoms with Gasteiger partial charge in [0.05, 0.1) is 11.6 Å². The molecule has 1 aromatic heterocycles. The Morgan fingerprint density at radius 3 is 2.42 bits per heavy atom. The number of ether oxygens (including phenoxy) is 1. The lowest BCUT2D eigenvalue weighted by Crippen LogP contribution is -2.48. The molecule has 5 nitrogen and oxygen atoms in total. The van der Waals surface area contributed by atoms with Crippen LogP contribution in [-0.2, 0) is 4.74 Å². The van der Waals surface area contributed by atoms with Crippen molar-refractivity contribution in [1.29, 1.82) is 0 Å². The van der Waals surface area contributed by atoms with Gasteiger partial charge in [-0.05, 0) is 38.3 Å². The van der Waals surface area contributed by atoms with Gasteiger partial charge in [0.25, 0.3) is 0 Å². The largest absolute Gasteiger partial charge is 0.383 e. The molecule has 1 aromatic rings. The lowest BCUT2D eigenvalue weighted by atomic mass is 9.82. The topological polar surface area (TPSA) is 86.2 Å². The van der Waals surface area contributed by atoms with Crippen molar-refractivity contribution in [1.82, 2.24) is 10.4 Å². The summed E-state index contributed by atoms with van der Waals surface area (Å²) in [4.78, 5) is 4.18. The summed E-state index contributed by atoms with van der Waals surface area (Å²) in [5, 5.41) is 0. The average molecular weight is 266 g/mol. The summed E-state index contributed by atoms with van der Waals surface area (Å²) in [5.74, 6) is 6.31. The zero-order chi connectivity index (χ0) is 14.5. The van der Waals surface area contributed by atoms with Crippen LogP contribution in [0.25, 0.3) is 0 Å². The average Bonchev–Trinajstić information content (AvgIpc) is 2.41. The van der Waals surface area contributed by atoms with Gasteiger partial charge < -0.3 is 10.5 Å². The maximum absolute atomic E-state index is 6.04. The number of nitrogens with two attached hydrogens (primary N) is 2. The van der Waals surface area contributed by atoms with Crippen LogP contribution in [0.1, 0.15) is 50.8 Å². The Balaban J connectivity index is 3.31. The van der Waals surface area contributed by atoms with Crippen molar-refractivity contribution in [3.8, 4) is 0 Å². The number of hydrogen-bond acceptors (Lipinski definition) is 5. The molecule has 1 unspecified atom stereocenters. The van der Waals surface area contributed by atoms with E-state index in [4.69, 9.17) is 16.3 Å². The van der Waals surface area contributed by atoms with Crippen molar-refractivity contribution in [2.24, 2.45) is 5.84 Å². The van der Waals surface area contributed by atoms with Crippen LogP contribution in [0, 0.1) is 6.92 Å². The van der Waals surface area contributed by atoms with Crippen LogP contribution in [0.3, 0.4) is 0 Å². The Bertz CT molecular complexity index is 384. The van der Waals surface area contributed by atoms with E-state index in [-0.39, 0.29) is 11.6 Å². The van der Waals surface area contributed by atoms with Crippen LogP contribution in [-0.4, -0.2) is 17.2 Å². The summed E-state index contributed by atoms with van der Waals surface area (Å²) in [7, 11) is 0. The maximum Gasteiger partial charge on any atom is 0.128 e. The van der Waals surface area contributed by atoms with Crippen molar-refractivity contribution in [3.63, 3.8) is 0 Å². The molecular weight excluding hydrogens is 240 g/mol. The molecule has 0 aromatic carbocycles. The van der Waals surface area contributed by atoms with Gasteiger partial charge in [-0.1, -0.05) is 13.8 Å². The molecule has 0 radical (unpaired) electrons. The molecule has 5 heteroatoms. The highest BCUT2D eigenvalue weighted by molar-refractivity contribution is 5.47. The minimum atomic E-state index is -0.370. The number of aromatic nitrogens is 1. The van der Waals surface area contributed by atoms with Crippen LogP contribution in [0.4, 0.5) is 5.82 Å². The number of anilines is 1. The second-order valence-corrected chi connectivity index (χ2v) is 4.73. The standard InChI is InChI=1S/C14H26N4O/c1-5-14(6-2,19-7-3)12(18-16)11-10(4)8-9-17-13(11)15/h8-9,12,18H,5-7,16H2,1-4H3,(H2,15,17). The Morgan fingerprint density at radius 1 is 1.37 bits per heavy atom. The highest BCUT2D eigenvalue weighted by Gasteiger charge is 2.39. The molecule has 1 atom stereocenters. The summed E-state index contributed by atoms with van der Waals surface area (Å²) in [5.41, 5.74) is 10.6. The third-order valence-electron chi connectivity index (χ3n) is 3.85. The van der Waals surface area contributed by atoms with Crippen LogP contribution < -0.4 is 17.0 Å². The monoisotopic (exact) mass is 266 g/mol. The predicted octanol–water partition coefficient (Wildman–Crippen LogP) is 2.07. The first-order valence-electron chi connectivity index (χ1n) is 6.87.